The van der Waals surface area contributed by atoms with Gasteiger partial charge in [0, 0.05) is 17.1 Å². The van der Waals surface area contributed by atoms with E-state index in [9.17, 15) is 26.7 Å². The van der Waals surface area contributed by atoms with E-state index in [1.807, 2.05) is 0 Å². The number of rotatable bonds is 9. The second-order valence-electron chi connectivity index (χ2n) is 9.76. The van der Waals surface area contributed by atoms with E-state index >= 15 is 0 Å². The average Bonchev–Trinajstić information content (AvgIpc) is 3.51. The molecule has 1 aliphatic heterocycles. The Morgan fingerprint density at radius 2 is 1.92 bits per heavy atom. The predicted octanol–water partition coefficient (Wildman–Crippen LogP) is 4.85. The molecule has 0 bridgehead atoms. The average molecular weight is 567 g/mol. The summed E-state index contributed by atoms with van der Waals surface area (Å²) in [5.41, 5.74) is 1.13. The molecule has 0 spiro atoms. The Balaban J connectivity index is 1.57. The van der Waals surface area contributed by atoms with Crippen LogP contribution in [0.5, 0.6) is 0 Å². The molecule has 198 valence electrons. The summed E-state index contributed by atoms with van der Waals surface area (Å²) < 4.78 is 57.3. The molecule has 1 atom stereocenters. The Labute approximate surface area is 220 Å². The number of nitrogens with zero attached hydrogens (tertiary/aromatic N) is 2. The molecule has 0 amide bonds. The van der Waals surface area contributed by atoms with Crippen LogP contribution in [-0.4, -0.2) is 56.7 Å². The third kappa shape index (κ3) is 5.21. The maximum atomic E-state index is 12.9. The van der Waals surface area contributed by atoms with Crippen molar-refractivity contribution < 1.29 is 31.2 Å². The molecule has 2 fully saturated rings. The van der Waals surface area contributed by atoms with Crippen molar-refractivity contribution in [3.05, 3.63) is 46.5 Å². The quantitative estimate of drug-likeness (QED) is 0.388. The number of halogens is 1. The molecule has 37 heavy (non-hydrogen) atoms. The van der Waals surface area contributed by atoms with Crippen LogP contribution in [0, 0.1) is 0 Å². The first-order chi connectivity index (χ1) is 17.5. The van der Waals surface area contributed by atoms with E-state index in [-0.39, 0.29) is 41.1 Å². The molecule has 1 aliphatic carbocycles. The van der Waals surface area contributed by atoms with E-state index < -0.39 is 31.1 Å². The van der Waals surface area contributed by atoms with Crippen LogP contribution in [0.25, 0.3) is 22.4 Å². The summed E-state index contributed by atoms with van der Waals surface area (Å²) in [5.74, 6) is -0.625. The van der Waals surface area contributed by atoms with Gasteiger partial charge in [0.2, 0.25) is 15.7 Å². The lowest BCUT2D eigenvalue weighted by atomic mass is 10.0. The van der Waals surface area contributed by atoms with E-state index in [1.165, 1.54) is 4.31 Å². The van der Waals surface area contributed by atoms with Gasteiger partial charge in [0.1, 0.15) is 11.4 Å². The molecule has 1 saturated carbocycles. The summed E-state index contributed by atoms with van der Waals surface area (Å²) in [5, 5.41) is 10.4. The van der Waals surface area contributed by atoms with Crippen molar-refractivity contribution in [3.63, 3.8) is 0 Å². The van der Waals surface area contributed by atoms with Gasteiger partial charge >= 0.3 is 5.97 Å². The largest absolute Gasteiger partial charge is 0.478 e. The summed E-state index contributed by atoms with van der Waals surface area (Å²) in [6.45, 7) is 0.0691. The fourth-order valence-electron chi connectivity index (χ4n) is 5.01. The summed E-state index contributed by atoms with van der Waals surface area (Å²) in [6, 6.07) is 8.23. The minimum atomic E-state index is -3.77. The maximum Gasteiger partial charge on any atom is 0.340 e. The zero-order chi connectivity index (χ0) is 26.5. The van der Waals surface area contributed by atoms with Crippen molar-refractivity contribution in [3.8, 4) is 11.3 Å². The minimum absolute atomic E-state index is 0.0220. The van der Waals surface area contributed by atoms with Crippen LogP contribution in [0.2, 0.25) is 5.02 Å². The fraction of sp³-hybridized carbons (Fsp3) is 0.440. The van der Waals surface area contributed by atoms with E-state index in [0.29, 0.717) is 47.2 Å². The molecule has 1 N–H and O–H groups in total. The summed E-state index contributed by atoms with van der Waals surface area (Å²) in [4.78, 5) is 16.8. The molecule has 12 heteroatoms. The van der Waals surface area contributed by atoms with Gasteiger partial charge in [0.15, 0.2) is 15.6 Å². The van der Waals surface area contributed by atoms with Crippen molar-refractivity contribution in [1.29, 1.82) is 0 Å². The number of benzene rings is 1. The predicted molar refractivity (Wildman–Crippen MR) is 142 cm³/mol. The van der Waals surface area contributed by atoms with E-state index in [4.69, 9.17) is 16.0 Å². The van der Waals surface area contributed by atoms with Gasteiger partial charge in [-0.15, -0.1) is 0 Å². The van der Waals surface area contributed by atoms with Crippen LogP contribution in [0.4, 0.5) is 5.82 Å². The maximum absolute atomic E-state index is 12.9. The van der Waals surface area contributed by atoms with Gasteiger partial charge in [-0.2, -0.15) is 4.98 Å². The molecule has 3 heterocycles. The van der Waals surface area contributed by atoms with E-state index in [2.05, 4.69) is 4.98 Å². The molecule has 0 radical (unpaired) electrons. The number of sulfonamides is 1. The monoisotopic (exact) mass is 566 g/mol. The van der Waals surface area contributed by atoms with Crippen LogP contribution >= 0.6 is 11.6 Å². The first kappa shape index (κ1) is 26.0. The summed E-state index contributed by atoms with van der Waals surface area (Å²) in [7, 11) is -6.89. The summed E-state index contributed by atoms with van der Waals surface area (Å²) in [6.07, 6.45) is 4.72. The Morgan fingerprint density at radius 1 is 1.22 bits per heavy atom. The number of carboxylic acid groups (broad SMARTS) is 1. The number of aromatic carboxylic acids is 1. The number of sulfone groups is 1. The number of pyridine rings is 1. The number of fused-ring (bicyclic) bond motifs is 1. The van der Waals surface area contributed by atoms with Crippen molar-refractivity contribution >= 4 is 54.3 Å². The third-order valence-electron chi connectivity index (χ3n) is 7.02. The SMILES string of the molecule is CS(=O)(=O)N(CCC[C@@H]1CCCS1(=O)=O)c1nc2oc(-c3ccc(Cl)cc3)c(C(=O)O)c2cc1C1CC1. The van der Waals surface area contributed by atoms with Gasteiger partial charge in [0.25, 0.3) is 0 Å². The molecular formula is C25H27ClN2O7S2. The standard InChI is InChI=1S/C25H27ClN2O7S2/c1-36(31,32)28(12-2-4-18-5-3-13-37(18,33)34)23-19(15-6-7-15)14-20-21(25(29)30)22(35-24(20)27-23)16-8-10-17(26)11-9-16/h8-11,14-15,18H,2-7,12-13H2,1H3,(H,29,30)/t18-/m1/s1. The minimum Gasteiger partial charge on any atom is -0.478 e. The van der Waals surface area contributed by atoms with Crippen LogP contribution in [-0.2, 0) is 19.9 Å². The van der Waals surface area contributed by atoms with Gasteiger partial charge in [-0.3, -0.25) is 4.31 Å². The highest BCUT2D eigenvalue weighted by molar-refractivity contribution is 7.92. The zero-order valence-electron chi connectivity index (χ0n) is 20.2. The Kier molecular flexibility index (Phi) is 6.74. The van der Waals surface area contributed by atoms with Crippen molar-refractivity contribution in [2.75, 3.05) is 22.9 Å². The van der Waals surface area contributed by atoms with Gasteiger partial charge < -0.3 is 9.52 Å². The lowest BCUT2D eigenvalue weighted by molar-refractivity contribution is 0.0699. The molecule has 3 aromatic rings. The molecule has 1 aromatic carbocycles. The van der Waals surface area contributed by atoms with Gasteiger partial charge in [-0.1, -0.05) is 11.6 Å². The normalized spacial score (nSPS) is 19.4. The van der Waals surface area contributed by atoms with Crippen LogP contribution in [0.1, 0.15) is 60.4 Å². The van der Waals surface area contributed by atoms with Gasteiger partial charge in [0.05, 0.1) is 22.6 Å². The van der Waals surface area contributed by atoms with Crippen LogP contribution < -0.4 is 4.31 Å². The number of carboxylic acids is 1. The molecule has 2 aliphatic rings. The van der Waals surface area contributed by atoms with Crippen molar-refractivity contribution in [2.45, 2.75) is 49.7 Å². The van der Waals surface area contributed by atoms with Gasteiger partial charge in [-0.05, 0) is 80.3 Å². The number of hydrogen-bond acceptors (Lipinski definition) is 7. The second-order valence-corrected chi connectivity index (χ2v) is 14.5. The Hall–Kier alpha value is -2.63. The Bertz CT molecular complexity index is 1580. The molecule has 2 aromatic heterocycles. The van der Waals surface area contributed by atoms with Crippen LogP contribution in [0.15, 0.2) is 34.7 Å². The molecule has 0 unspecified atom stereocenters. The van der Waals surface area contributed by atoms with Crippen molar-refractivity contribution in [2.24, 2.45) is 0 Å². The molecule has 5 rings (SSSR count). The molecule has 9 nitrogen and oxygen atoms in total. The van der Waals surface area contributed by atoms with E-state index in [0.717, 1.165) is 19.1 Å². The number of furan rings is 1. The van der Waals surface area contributed by atoms with Crippen molar-refractivity contribution in [1.82, 2.24) is 4.98 Å². The zero-order valence-corrected chi connectivity index (χ0v) is 22.6. The first-order valence-corrected chi connectivity index (χ1v) is 16.1. The number of aromatic nitrogens is 1. The fourth-order valence-corrected chi connectivity index (χ4v) is 8.02. The Morgan fingerprint density at radius 3 is 2.49 bits per heavy atom. The number of anilines is 1. The summed E-state index contributed by atoms with van der Waals surface area (Å²) >= 11 is 5.98. The lowest BCUT2D eigenvalue weighted by Gasteiger charge is -2.24. The van der Waals surface area contributed by atoms with E-state index in [1.54, 1.807) is 30.3 Å². The lowest BCUT2D eigenvalue weighted by Crippen LogP contribution is -2.33. The third-order valence-corrected chi connectivity index (χ3v) is 10.8. The topological polar surface area (TPSA) is 135 Å². The highest BCUT2D eigenvalue weighted by Crippen LogP contribution is 2.47. The molecular weight excluding hydrogens is 540 g/mol. The highest BCUT2D eigenvalue weighted by atomic mass is 35.5. The smallest absolute Gasteiger partial charge is 0.340 e. The van der Waals surface area contributed by atoms with Gasteiger partial charge in [-0.25, -0.2) is 21.6 Å². The second kappa shape index (κ2) is 9.59. The van der Waals surface area contributed by atoms with Crippen LogP contribution in [0.3, 0.4) is 0 Å². The number of hydrogen-bond donors (Lipinski definition) is 1. The molecule has 1 saturated heterocycles. The highest BCUT2D eigenvalue weighted by Gasteiger charge is 2.35. The number of carbonyl (C=O) groups is 1. The first-order valence-electron chi connectivity index (χ1n) is 12.1.